The van der Waals surface area contributed by atoms with Crippen molar-refractivity contribution in [1.29, 1.82) is 0 Å². The summed E-state index contributed by atoms with van der Waals surface area (Å²) in [5, 5.41) is 11.1. The SMILES string of the molecule is C.CCN(CC)c1ccc(C#Cc2ccc(C(=O)N[C@@H](CN)C(=O)NO)cc2)cc1. The highest BCUT2D eigenvalue weighted by Gasteiger charge is 2.19. The number of hydrogen-bond donors (Lipinski definition) is 4. The molecule has 0 fully saturated rings. The number of carbonyl (C=O) groups is 2. The Labute approximate surface area is 178 Å². The lowest BCUT2D eigenvalue weighted by Gasteiger charge is -2.20. The Hall–Kier alpha value is -3.34. The van der Waals surface area contributed by atoms with Gasteiger partial charge >= 0.3 is 0 Å². The lowest BCUT2D eigenvalue weighted by atomic mass is 10.1. The van der Waals surface area contributed by atoms with E-state index in [4.69, 9.17) is 10.9 Å². The third kappa shape index (κ3) is 6.62. The van der Waals surface area contributed by atoms with Crippen LogP contribution in [0.4, 0.5) is 5.69 Å². The van der Waals surface area contributed by atoms with Gasteiger partial charge in [0.2, 0.25) is 0 Å². The van der Waals surface area contributed by atoms with Crippen molar-refractivity contribution in [2.45, 2.75) is 27.3 Å². The van der Waals surface area contributed by atoms with E-state index in [2.05, 4.69) is 48.0 Å². The Morgan fingerprint density at radius 1 is 1.00 bits per heavy atom. The van der Waals surface area contributed by atoms with Gasteiger partial charge in [0.1, 0.15) is 6.04 Å². The predicted octanol–water partition coefficient (Wildman–Crippen LogP) is 2.13. The number of nitrogens with two attached hydrogens (primary N) is 1. The molecular weight excluding hydrogens is 380 g/mol. The van der Waals surface area contributed by atoms with Gasteiger partial charge in [0, 0.05) is 42.0 Å². The number of benzene rings is 2. The Morgan fingerprint density at radius 3 is 1.93 bits per heavy atom. The Morgan fingerprint density at radius 2 is 1.50 bits per heavy atom. The lowest BCUT2D eigenvalue weighted by Crippen LogP contribution is -2.50. The second kappa shape index (κ2) is 12.3. The largest absolute Gasteiger partial charge is 0.372 e. The molecule has 0 aliphatic heterocycles. The molecule has 5 N–H and O–H groups in total. The number of nitrogens with zero attached hydrogens (tertiary/aromatic N) is 1. The molecule has 2 amide bonds. The molecule has 2 aromatic rings. The minimum Gasteiger partial charge on any atom is -0.372 e. The van der Waals surface area contributed by atoms with Crippen molar-refractivity contribution in [3.05, 3.63) is 65.2 Å². The van der Waals surface area contributed by atoms with E-state index in [1.54, 1.807) is 24.3 Å². The van der Waals surface area contributed by atoms with E-state index in [1.807, 2.05) is 12.1 Å². The molecule has 0 radical (unpaired) electrons. The molecule has 0 heterocycles. The van der Waals surface area contributed by atoms with Gasteiger partial charge in [0.25, 0.3) is 11.8 Å². The van der Waals surface area contributed by atoms with Gasteiger partial charge < -0.3 is 16.0 Å². The summed E-state index contributed by atoms with van der Waals surface area (Å²) in [6.07, 6.45) is 0. The fraction of sp³-hybridized carbons (Fsp3) is 0.304. The fourth-order valence-corrected chi connectivity index (χ4v) is 2.74. The molecule has 160 valence electrons. The highest BCUT2D eigenvalue weighted by Crippen LogP contribution is 2.14. The summed E-state index contributed by atoms with van der Waals surface area (Å²) in [7, 11) is 0. The van der Waals surface area contributed by atoms with Crippen LogP contribution in [0.2, 0.25) is 0 Å². The highest BCUT2D eigenvalue weighted by molar-refractivity contribution is 5.97. The minimum absolute atomic E-state index is 0. The number of hydroxylamine groups is 1. The summed E-state index contributed by atoms with van der Waals surface area (Å²) in [5.74, 6) is 4.95. The quantitative estimate of drug-likeness (QED) is 0.318. The van der Waals surface area contributed by atoms with Gasteiger partial charge in [-0.2, -0.15) is 0 Å². The molecule has 0 saturated heterocycles. The lowest BCUT2D eigenvalue weighted by molar-refractivity contribution is -0.130. The third-order valence-electron chi connectivity index (χ3n) is 4.46. The number of amides is 2. The van der Waals surface area contributed by atoms with Gasteiger partial charge in [0.05, 0.1) is 0 Å². The molecule has 1 atom stereocenters. The molecule has 0 aliphatic carbocycles. The van der Waals surface area contributed by atoms with Crippen molar-refractivity contribution >= 4 is 17.5 Å². The summed E-state index contributed by atoms with van der Waals surface area (Å²) < 4.78 is 0. The number of carbonyl (C=O) groups excluding carboxylic acids is 2. The first kappa shape index (κ1) is 24.7. The number of nitrogens with one attached hydrogen (secondary N) is 2. The highest BCUT2D eigenvalue weighted by atomic mass is 16.5. The first-order valence-electron chi connectivity index (χ1n) is 9.44. The molecule has 0 saturated carbocycles. The maximum absolute atomic E-state index is 12.2. The Balaban J connectivity index is 0.00000450. The van der Waals surface area contributed by atoms with E-state index in [1.165, 1.54) is 11.2 Å². The maximum Gasteiger partial charge on any atom is 0.267 e. The molecule has 2 rings (SSSR count). The van der Waals surface area contributed by atoms with Crippen LogP contribution in [0.3, 0.4) is 0 Å². The van der Waals surface area contributed by atoms with Crippen LogP contribution < -0.4 is 21.4 Å². The van der Waals surface area contributed by atoms with E-state index in [0.29, 0.717) is 5.56 Å². The van der Waals surface area contributed by atoms with Gasteiger partial charge in [0.15, 0.2) is 0 Å². The van der Waals surface area contributed by atoms with E-state index in [-0.39, 0.29) is 14.0 Å². The molecule has 7 heteroatoms. The second-order valence-corrected chi connectivity index (χ2v) is 6.28. The third-order valence-corrected chi connectivity index (χ3v) is 4.46. The molecule has 0 spiro atoms. The summed E-state index contributed by atoms with van der Waals surface area (Å²) >= 11 is 0. The van der Waals surface area contributed by atoms with E-state index < -0.39 is 17.9 Å². The standard InChI is InChI=1S/C22H26N4O3.CH4/c1-3-26(4-2)19-13-9-17(10-14-19)6-5-16-7-11-18(12-8-16)21(27)24-20(15-23)22(28)25-29;/h7-14,20,29H,3-4,15,23H2,1-2H3,(H,24,27)(H,25,28);1H4/t20-;/m0./s1. The Kier molecular flexibility index (Phi) is 10.1. The van der Waals surface area contributed by atoms with Crippen LogP contribution in [-0.4, -0.2) is 42.7 Å². The topological polar surface area (TPSA) is 108 Å². The summed E-state index contributed by atoms with van der Waals surface area (Å²) in [4.78, 5) is 25.9. The number of hydrogen-bond acceptors (Lipinski definition) is 5. The minimum atomic E-state index is -1.01. The first-order chi connectivity index (χ1) is 14.0. The maximum atomic E-state index is 12.2. The van der Waals surface area contributed by atoms with E-state index >= 15 is 0 Å². The number of anilines is 1. The number of rotatable bonds is 7. The molecule has 0 unspecified atom stereocenters. The fourth-order valence-electron chi connectivity index (χ4n) is 2.74. The van der Waals surface area contributed by atoms with Crippen LogP contribution in [0.15, 0.2) is 48.5 Å². The van der Waals surface area contributed by atoms with Crippen molar-refractivity contribution in [2.24, 2.45) is 5.73 Å². The van der Waals surface area contributed by atoms with Gasteiger partial charge in [-0.05, 0) is 62.4 Å². The molecule has 30 heavy (non-hydrogen) atoms. The van der Waals surface area contributed by atoms with Crippen LogP contribution in [-0.2, 0) is 4.79 Å². The molecule has 0 aromatic heterocycles. The smallest absolute Gasteiger partial charge is 0.267 e. The average molecular weight is 411 g/mol. The van der Waals surface area contributed by atoms with E-state index in [0.717, 1.165) is 24.2 Å². The molecule has 0 aliphatic rings. The zero-order valence-corrected chi connectivity index (χ0v) is 16.6. The van der Waals surface area contributed by atoms with Crippen LogP contribution in [0, 0.1) is 11.8 Å². The van der Waals surface area contributed by atoms with Gasteiger partial charge in [-0.1, -0.05) is 19.3 Å². The van der Waals surface area contributed by atoms with Gasteiger partial charge in [-0.3, -0.25) is 14.8 Å². The predicted molar refractivity (Wildman–Crippen MR) is 119 cm³/mol. The zero-order valence-electron chi connectivity index (χ0n) is 16.6. The monoisotopic (exact) mass is 410 g/mol. The van der Waals surface area contributed by atoms with Gasteiger partial charge in [-0.15, -0.1) is 0 Å². The normalized spacial score (nSPS) is 10.7. The van der Waals surface area contributed by atoms with Crippen LogP contribution >= 0.6 is 0 Å². The van der Waals surface area contributed by atoms with Gasteiger partial charge in [-0.25, -0.2) is 5.48 Å². The molecule has 7 nitrogen and oxygen atoms in total. The second-order valence-electron chi connectivity index (χ2n) is 6.28. The molecule has 0 bridgehead atoms. The Bertz CT molecular complexity index is 879. The molecule has 2 aromatic carbocycles. The van der Waals surface area contributed by atoms with Crippen LogP contribution in [0.5, 0.6) is 0 Å². The summed E-state index contributed by atoms with van der Waals surface area (Å²) in [6, 6.07) is 13.8. The van der Waals surface area contributed by atoms with Crippen molar-refractivity contribution in [3.63, 3.8) is 0 Å². The van der Waals surface area contributed by atoms with Crippen molar-refractivity contribution in [2.75, 3.05) is 24.5 Å². The van der Waals surface area contributed by atoms with Crippen molar-refractivity contribution < 1.29 is 14.8 Å². The van der Waals surface area contributed by atoms with E-state index in [9.17, 15) is 9.59 Å². The van der Waals surface area contributed by atoms with Crippen molar-refractivity contribution in [1.82, 2.24) is 10.8 Å². The summed E-state index contributed by atoms with van der Waals surface area (Å²) in [5.41, 5.74) is 10.1. The zero-order chi connectivity index (χ0) is 21.2. The summed E-state index contributed by atoms with van der Waals surface area (Å²) in [6.45, 7) is 6.03. The van der Waals surface area contributed by atoms with Crippen LogP contribution in [0.25, 0.3) is 0 Å². The average Bonchev–Trinajstić information content (AvgIpc) is 2.77. The van der Waals surface area contributed by atoms with Crippen molar-refractivity contribution in [3.8, 4) is 11.8 Å². The molecular formula is C23H30N4O3. The first-order valence-corrected chi connectivity index (χ1v) is 9.44. The van der Waals surface area contributed by atoms with Crippen LogP contribution in [0.1, 0.15) is 42.8 Å².